The first-order valence-electron chi connectivity index (χ1n) is 7.86. The molecule has 1 saturated heterocycles. The summed E-state index contributed by atoms with van der Waals surface area (Å²) in [4.78, 5) is 27.5. The summed E-state index contributed by atoms with van der Waals surface area (Å²) < 4.78 is 1.66. The molecule has 24 heavy (non-hydrogen) atoms. The fourth-order valence-corrected chi connectivity index (χ4v) is 3.02. The molecule has 7 nitrogen and oxygen atoms in total. The molecule has 1 atom stereocenters. The molecular weight excluding hydrogens is 304 g/mol. The van der Waals surface area contributed by atoms with Crippen molar-refractivity contribution in [3.8, 4) is 5.82 Å². The van der Waals surface area contributed by atoms with Gasteiger partial charge in [0.2, 0.25) is 0 Å². The number of carbonyl (C=O) groups excluding carboxylic acids is 1. The van der Waals surface area contributed by atoms with Crippen LogP contribution in [0.4, 0.5) is 0 Å². The standard InChI is InChI=1S/C17H16N6O/c24-17(13-4-5-16(20-11-13)23-10-2-6-21-23)22-9-1-3-15(22)14-12-18-7-8-19-14/h2,4-8,10-12,15H,1,3,9H2. The van der Waals surface area contributed by atoms with Crippen LogP contribution in [0.2, 0.25) is 0 Å². The van der Waals surface area contributed by atoms with Crippen molar-refractivity contribution in [1.29, 1.82) is 0 Å². The molecule has 0 aliphatic carbocycles. The first kappa shape index (κ1) is 14.5. The molecule has 0 saturated carbocycles. The van der Waals surface area contributed by atoms with Crippen LogP contribution in [0, 0.1) is 0 Å². The fourth-order valence-electron chi connectivity index (χ4n) is 3.02. The van der Waals surface area contributed by atoms with E-state index in [1.54, 1.807) is 47.8 Å². The second-order valence-electron chi connectivity index (χ2n) is 5.64. The van der Waals surface area contributed by atoms with E-state index in [0.29, 0.717) is 11.4 Å². The average molecular weight is 320 g/mol. The molecule has 1 aliphatic rings. The molecule has 3 aromatic rings. The third kappa shape index (κ3) is 2.64. The third-order valence-electron chi connectivity index (χ3n) is 4.17. The van der Waals surface area contributed by atoms with Gasteiger partial charge in [0.25, 0.3) is 5.91 Å². The van der Waals surface area contributed by atoms with Crippen molar-refractivity contribution in [2.24, 2.45) is 0 Å². The van der Waals surface area contributed by atoms with Crippen LogP contribution < -0.4 is 0 Å². The monoisotopic (exact) mass is 320 g/mol. The summed E-state index contributed by atoms with van der Waals surface area (Å²) in [6.45, 7) is 0.723. The van der Waals surface area contributed by atoms with Gasteiger partial charge < -0.3 is 4.90 Å². The number of carbonyl (C=O) groups is 1. The average Bonchev–Trinajstić information content (AvgIpc) is 3.34. The van der Waals surface area contributed by atoms with Gasteiger partial charge in [0.05, 0.1) is 23.5 Å². The van der Waals surface area contributed by atoms with Crippen LogP contribution in [0.5, 0.6) is 0 Å². The first-order chi connectivity index (χ1) is 11.8. The first-order valence-corrected chi connectivity index (χ1v) is 7.86. The van der Waals surface area contributed by atoms with Crippen LogP contribution in [-0.2, 0) is 0 Å². The predicted octanol–water partition coefficient (Wildman–Crippen LogP) is 2.03. The number of hydrogen-bond donors (Lipinski definition) is 0. The zero-order valence-electron chi connectivity index (χ0n) is 13.0. The molecule has 1 unspecified atom stereocenters. The van der Waals surface area contributed by atoms with E-state index in [1.807, 2.05) is 17.2 Å². The summed E-state index contributed by atoms with van der Waals surface area (Å²) in [5, 5.41) is 4.13. The minimum atomic E-state index is -0.0253. The van der Waals surface area contributed by atoms with E-state index in [2.05, 4.69) is 20.1 Å². The lowest BCUT2D eigenvalue weighted by Crippen LogP contribution is -2.31. The van der Waals surface area contributed by atoms with E-state index in [-0.39, 0.29) is 11.9 Å². The summed E-state index contributed by atoms with van der Waals surface area (Å²) in [6.07, 6.45) is 12.0. The number of aromatic nitrogens is 5. The summed E-state index contributed by atoms with van der Waals surface area (Å²) in [6, 6.07) is 5.40. The molecule has 4 rings (SSSR count). The van der Waals surface area contributed by atoms with Gasteiger partial charge in [0.1, 0.15) is 0 Å². The molecule has 0 aromatic carbocycles. The molecule has 0 bridgehead atoms. The minimum absolute atomic E-state index is 0.0167. The van der Waals surface area contributed by atoms with Crippen molar-refractivity contribution in [2.45, 2.75) is 18.9 Å². The topological polar surface area (TPSA) is 76.8 Å². The molecule has 3 aromatic heterocycles. The quantitative estimate of drug-likeness (QED) is 0.738. The van der Waals surface area contributed by atoms with Gasteiger partial charge in [-0.15, -0.1) is 0 Å². The van der Waals surface area contributed by atoms with Crippen molar-refractivity contribution in [3.63, 3.8) is 0 Å². The number of pyridine rings is 1. The Morgan fingerprint density at radius 3 is 2.79 bits per heavy atom. The SMILES string of the molecule is O=C(c1ccc(-n2cccn2)nc1)N1CCCC1c1cnccn1. The van der Waals surface area contributed by atoms with Crippen LogP contribution in [0.3, 0.4) is 0 Å². The minimum Gasteiger partial charge on any atom is -0.330 e. The Bertz CT molecular complexity index is 816. The highest BCUT2D eigenvalue weighted by molar-refractivity contribution is 5.94. The molecule has 1 amide bonds. The van der Waals surface area contributed by atoms with E-state index >= 15 is 0 Å². The lowest BCUT2D eigenvalue weighted by Gasteiger charge is -2.24. The Labute approximate surface area is 139 Å². The summed E-state index contributed by atoms with van der Waals surface area (Å²) in [5.41, 5.74) is 1.41. The maximum absolute atomic E-state index is 12.8. The Hall–Kier alpha value is -3.09. The molecule has 0 spiro atoms. The van der Waals surface area contributed by atoms with Crippen LogP contribution >= 0.6 is 0 Å². The van der Waals surface area contributed by atoms with E-state index < -0.39 is 0 Å². The highest BCUT2D eigenvalue weighted by Crippen LogP contribution is 2.31. The van der Waals surface area contributed by atoms with Crippen LogP contribution in [-0.4, -0.2) is 42.1 Å². The zero-order chi connectivity index (χ0) is 16.4. The van der Waals surface area contributed by atoms with Crippen LogP contribution in [0.1, 0.15) is 34.9 Å². The maximum Gasteiger partial charge on any atom is 0.255 e. The number of rotatable bonds is 3. The Morgan fingerprint density at radius 1 is 1.12 bits per heavy atom. The molecule has 1 fully saturated rings. The van der Waals surface area contributed by atoms with Crippen molar-refractivity contribution < 1.29 is 4.79 Å². The Kier molecular flexibility index (Phi) is 3.74. The van der Waals surface area contributed by atoms with Crippen LogP contribution in [0.15, 0.2) is 55.4 Å². The zero-order valence-corrected chi connectivity index (χ0v) is 13.0. The fraction of sp³-hybridized carbons (Fsp3) is 0.235. The number of nitrogens with zero attached hydrogens (tertiary/aromatic N) is 6. The van der Waals surface area contributed by atoms with Gasteiger partial charge in [-0.25, -0.2) is 9.67 Å². The molecule has 7 heteroatoms. The normalized spacial score (nSPS) is 17.2. The predicted molar refractivity (Wildman–Crippen MR) is 86.4 cm³/mol. The van der Waals surface area contributed by atoms with Crippen molar-refractivity contribution in [2.75, 3.05) is 6.54 Å². The van der Waals surface area contributed by atoms with Gasteiger partial charge in [0, 0.05) is 37.5 Å². The van der Waals surface area contributed by atoms with Crippen LogP contribution in [0.25, 0.3) is 5.82 Å². The van der Waals surface area contributed by atoms with Crippen molar-refractivity contribution >= 4 is 5.91 Å². The Balaban J connectivity index is 1.56. The van der Waals surface area contributed by atoms with Gasteiger partial charge >= 0.3 is 0 Å². The molecule has 1 aliphatic heterocycles. The largest absolute Gasteiger partial charge is 0.330 e. The number of amides is 1. The van der Waals surface area contributed by atoms with Gasteiger partial charge in [-0.3, -0.25) is 14.8 Å². The molecule has 0 N–H and O–H groups in total. The number of likely N-dealkylation sites (tertiary alicyclic amines) is 1. The summed E-state index contributed by atoms with van der Waals surface area (Å²) in [5.74, 6) is 0.658. The molecular formula is C17H16N6O. The van der Waals surface area contributed by atoms with Crippen molar-refractivity contribution in [3.05, 3.63) is 66.6 Å². The van der Waals surface area contributed by atoms with Gasteiger partial charge in [0.15, 0.2) is 5.82 Å². The van der Waals surface area contributed by atoms with Gasteiger partial charge in [-0.2, -0.15) is 5.10 Å². The summed E-state index contributed by atoms with van der Waals surface area (Å²) >= 11 is 0. The second kappa shape index (κ2) is 6.19. The highest BCUT2D eigenvalue weighted by Gasteiger charge is 2.31. The maximum atomic E-state index is 12.8. The second-order valence-corrected chi connectivity index (χ2v) is 5.64. The van der Waals surface area contributed by atoms with E-state index in [0.717, 1.165) is 25.1 Å². The summed E-state index contributed by atoms with van der Waals surface area (Å²) in [7, 11) is 0. The Morgan fingerprint density at radius 2 is 2.08 bits per heavy atom. The van der Waals surface area contributed by atoms with E-state index in [9.17, 15) is 4.79 Å². The third-order valence-corrected chi connectivity index (χ3v) is 4.17. The number of hydrogen-bond acceptors (Lipinski definition) is 5. The lowest BCUT2D eigenvalue weighted by molar-refractivity contribution is 0.0732. The van der Waals surface area contributed by atoms with Gasteiger partial charge in [-0.1, -0.05) is 0 Å². The van der Waals surface area contributed by atoms with E-state index in [4.69, 9.17) is 0 Å². The molecule has 4 heterocycles. The van der Waals surface area contributed by atoms with Gasteiger partial charge in [-0.05, 0) is 31.0 Å². The molecule has 120 valence electrons. The lowest BCUT2D eigenvalue weighted by atomic mass is 10.1. The smallest absolute Gasteiger partial charge is 0.255 e. The van der Waals surface area contributed by atoms with Crippen molar-refractivity contribution in [1.82, 2.24) is 29.6 Å². The molecule has 0 radical (unpaired) electrons. The highest BCUT2D eigenvalue weighted by atomic mass is 16.2. The van der Waals surface area contributed by atoms with E-state index in [1.165, 1.54) is 0 Å².